The lowest BCUT2D eigenvalue weighted by molar-refractivity contribution is 0.306. The van der Waals surface area contributed by atoms with Crippen LogP contribution in [0.15, 0.2) is 88.1 Å². The maximum absolute atomic E-state index is 12.3. The Labute approximate surface area is 151 Å². The molecule has 0 unspecified atom stereocenters. The Bertz CT molecular complexity index is 1130. The minimum Gasteiger partial charge on any atom is -0.489 e. The van der Waals surface area contributed by atoms with E-state index in [-0.39, 0.29) is 5.43 Å². The van der Waals surface area contributed by atoms with Gasteiger partial charge in [0.05, 0.1) is 5.39 Å². The molecule has 0 aliphatic rings. The second-order valence-electron chi connectivity index (χ2n) is 6.28. The molecule has 0 aliphatic heterocycles. The van der Waals surface area contributed by atoms with Crippen molar-refractivity contribution in [2.45, 2.75) is 13.5 Å². The van der Waals surface area contributed by atoms with Gasteiger partial charge in [0.15, 0.2) is 5.43 Å². The Morgan fingerprint density at radius 2 is 1.73 bits per heavy atom. The molecule has 4 aromatic rings. The molecule has 0 radical (unpaired) electrons. The summed E-state index contributed by atoms with van der Waals surface area (Å²) < 4.78 is 11.8. The lowest BCUT2D eigenvalue weighted by Crippen LogP contribution is -2.00. The van der Waals surface area contributed by atoms with Crippen molar-refractivity contribution < 1.29 is 9.15 Å². The van der Waals surface area contributed by atoms with Crippen molar-refractivity contribution in [1.29, 1.82) is 0 Å². The maximum Gasteiger partial charge on any atom is 0.193 e. The molecule has 0 fully saturated rings. The van der Waals surface area contributed by atoms with Gasteiger partial charge in [0.2, 0.25) is 0 Å². The zero-order chi connectivity index (χ0) is 17.9. The molecule has 4 rings (SSSR count). The average molecular weight is 342 g/mol. The SMILES string of the molecule is Cc1cccc(COc2cccc(-c3cc(=O)c4ccccc4o3)c2)c1. The molecule has 1 aromatic heterocycles. The Morgan fingerprint density at radius 3 is 2.62 bits per heavy atom. The highest BCUT2D eigenvalue weighted by Crippen LogP contribution is 2.26. The Hall–Kier alpha value is -3.33. The van der Waals surface area contributed by atoms with Gasteiger partial charge in [-0.1, -0.05) is 54.1 Å². The second-order valence-corrected chi connectivity index (χ2v) is 6.28. The summed E-state index contributed by atoms with van der Waals surface area (Å²) in [4.78, 5) is 12.3. The van der Waals surface area contributed by atoms with E-state index in [1.807, 2.05) is 48.5 Å². The van der Waals surface area contributed by atoms with Gasteiger partial charge < -0.3 is 9.15 Å². The number of hydrogen-bond acceptors (Lipinski definition) is 3. The van der Waals surface area contributed by atoms with Gasteiger partial charge in [-0.2, -0.15) is 0 Å². The van der Waals surface area contributed by atoms with E-state index in [0.29, 0.717) is 23.3 Å². The highest BCUT2D eigenvalue weighted by Gasteiger charge is 2.07. The standard InChI is InChI=1S/C23H18O3/c1-16-6-4-7-17(12-16)15-25-19-9-5-8-18(13-19)23-14-21(24)20-10-2-3-11-22(20)26-23/h2-14H,15H2,1H3. The van der Waals surface area contributed by atoms with Crippen molar-refractivity contribution >= 4 is 11.0 Å². The van der Waals surface area contributed by atoms with E-state index in [1.54, 1.807) is 12.1 Å². The first kappa shape index (κ1) is 16.2. The number of aryl methyl sites for hydroxylation is 1. The first-order valence-electron chi connectivity index (χ1n) is 8.51. The summed E-state index contributed by atoms with van der Waals surface area (Å²) in [6.07, 6.45) is 0. The largest absolute Gasteiger partial charge is 0.489 e. The predicted octanol–water partition coefficient (Wildman–Crippen LogP) is 5.35. The number of fused-ring (bicyclic) bond motifs is 1. The molecular formula is C23H18O3. The van der Waals surface area contributed by atoms with E-state index < -0.39 is 0 Å². The van der Waals surface area contributed by atoms with Crippen LogP contribution >= 0.6 is 0 Å². The van der Waals surface area contributed by atoms with Crippen molar-refractivity contribution in [2.24, 2.45) is 0 Å². The quantitative estimate of drug-likeness (QED) is 0.502. The molecule has 0 saturated carbocycles. The van der Waals surface area contributed by atoms with Crippen LogP contribution in [0, 0.1) is 6.92 Å². The summed E-state index contributed by atoms with van der Waals surface area (Å²) in [6, 6.07) is 24.6. The number of rotatable bonds is 4. The molecule has 0 saturated heterocycles. The minimum atomic E-state index is -0.0482. The third-order valence-corrected chi connectivity index (χ3v) is 4.24. The highest BCUT2D eigenvalue weighted by molar-refractivity contribution is 5.78. The molecule has 1 heterocycles. The van der Waals surface area contributed by atoms with Crippen LogP contribution < -0.4 is 10.2 Å². The summed E-state index contributed by atoms with van der Waals surface area (Å²) in [5.41, 5.74) is 3.68. The van der Waals surface area contributed by atoms with E-state index in [4.69, 9.17) is 9.15 Å². The van der Waals surface area contributed by atoms with Gasteiger partial charge in [-0.3, -0.25) is 4.79 Å². The van der Waals surface area contributed by atoms with E-state index in [2.05, 4.69) is 19.1 Å². The molecule has 3 nitrogen and oxygen atoms in total. The summed E-state index contributed by atoms with van der Waals surface area (Å²) in [5, 5.41) is 0.586. The fourth-order valence-corrected chi connectivity index (χ4v) is 2.95. The van der Waals surface area contributed by atoms with Crippen LogP contribution in [0.1, 0.15) is 11.1 Å². The Kier molecular flexibility index (Phi) is 4.28. The zero-order valence-electron chi connectivity index (χ0n) is 14.4. The third-order valence-electron chi connectivity index (χ3n) is 4.24. The lowest BCUT2D eigenvalue weighted by atomic mass is 10.1. The number of hydrogen-bond donors (Lipinski definition) is 0. The minimum absolute atomic E-state index is 0.0482. The number of para-hydroxylation sites is 1. The van der Waals surface area contributed by atoms with Gasteiger partial charge in [-0.05, 0) is 36.8 Å². The fraction of sp³-hybridized carbons (Fsp3) is 0.0870. The zero-order valence-corrected chi connectivity index (χ0v) is 14.4. The predicted molar refractivity (Wildman–Crippen MR) is 103 cm³/mol. The molecule has 0 spiro atoms. The Morgan fingerprint density at radius 1 is 0.885 bits per heavy atom. The molecule has 0 amide bonds. The van der Waals surface area contributed by atoms with Crippen LogP contribution in [0.3, 0.4) is 0 Å². The van der Waals surface area contributed by atoms with Crippen molar-refractivity contribution in [3.8, 4) is 17.1 Å². The average Bonchev–Trinajstić information content (AvgIpc) is 2.67. The maximum atomic E-state index is 12.3. The van der Waals surface area contributed by atoms with Crippen molar-refractivity contribution in [3.63, 3.8) is 0 Å². The molecule has 128 valence electrons. The molecule has 0 N–H and O–H groups in total. The highest BCUT2D eigenvalue weighted by atomic mass is 16.5. The van der Waals surface area contributed by atoms with E-state index >= 15 is 0 Å². The van der Waals surface area contributed by atoms with Gasteiger partial charge in [0, 0.05) is 11.6 Å². The molecule has 0 atom stereocenters. The molecule has 3 heteroatoms. The number of benzene rings is 3. The lowest BCUT2D eigenvalue weighted by Gasteiger charge is -2.09. The monoisotopic (exact) mass is 342 g/mol. The van der Waals surface area contributed by atoms with Crippen LogP contribution in [-0.4, -0.2) is 0 Å². The molecule has 26 heavy (non-hydrogen) atoms. The Balaban J connectivity index is 1.62. The van der Waals surface area contributed by atoms with Gasteiger partial charge in [0.25, 0.3) is 0 Å². The van der Waals surface area contributed by atoms with Crippen molar-refractivity contribution in [2.75, 3.05) is 0 Å². The van der Waals surface area contributed by atoms with Gasteiger partial charge in [0.1, 0.15) is 23.7 Å². The third kappa shape index (κ3) is 3.38. The van der Waals surface area contributed by atoms with Crippen LogP contribution in [0.5, 0.6) is 5.75 Å². The first-order valence-corrected chi connectivity index (χ1v) is 8.51. The summed E-state index contributed by atoms with van der Waals surface area (Å²) >= 11 is 0. The van der Waals surface area contributed by atoms with E-state index in [1.165, 1.54) is 11.6 Å². The van der Waals surface area contributed by atoms with Crippen LogP contribution in [0.25, 0.3) is 22.3 Å². The molecule has 0 bridgehead atoms. The van der Waals surface area contributed by atoms with Crippen LogP contribution in [0.2, 0.25) is 0 Å². The fourth-order valence-electron chi connectivity index (χ4n) is 2.95. The summed E-state index contributed by atoms with van der Waals surface area (Å²) in [5.74, 6) is 1.27. The van der Waals surface area contributed by atoms with Crippen molar-refractivity contribution in [1.82, 2.24) is 0 Å². The number of ether oxygens (including phenoxy) is 1. The summed E-state index contributed by atoms with van der Waals surface area (Å²) in [7, 11) is 0. The van der Waals surface area contributed by atoms with Crippen LogP contribution in [0.4, 0.5) is 0 Å². The topological polar surface area (TPSA) is 39.4 Å². The summed E-state index contributed by atoms with van der Waals surface area (Å²) in [6.45, 7) is 2.55. The van der Waals surface area contributed by atoms with Gasteiger partial charge in [-0.15, -0.1) is 0 Å². The van der Waals surface area contributed by atoms with E-state index in [0.717, 1.165) is 16.9 Å². The first-order chi connectivity index (χ1) is 12.7. The smallest absolute Gasteiger partial charge is 0.193 e. The molecule has 0 aliphatic carbocycles. The second kappa shape index (κ2) is 6.89. The van der Waals surface area contributed by atoms with Crippen molar-refractivity contribution in [3.05, 3.63) is 100 Å². The van der Waals surface area contributed by atoms with Gasteiger partial charge >= 0.3 is 0 Å². The molecular weight excluding hydrogens is 324 g/mol. The van der Waals surface area contributed by atoms with Crippen LogP contribution in [-0.2, 0) is 6.61 Å². The normalized spacial score (nSPS) is 10.8. The molecule has 3 aromatic carbocycles. The van der Waals surface area contributed by atoms with E-state index in [9.17, 15) is 4.79 Å². The van der Waals surface area contributed by atoms with Gasteiger partial charge in [-0.25, -0.2) is 0 Å².